The van der Waals surface area contributed by atoms with E-state index >= 15 is 0 Å². The fraction of sp³-hybridized carbons (Fsp3) is 0.0588. The summed E-state index contributed by atoms with van der Waals surface area (Å²) in [5.41, 5.74) is 3.46. The zero-order chi connectivity index (χ0) is 13.9. The quantitative estimate of drug-likeness (QED) is 0.539. The molecule has 0 saturated heterocycles. The van der Waals surface area contributed by atoms with Crippen LogP contribution in [-0.4, -0.2) is 6.26 Å². The number of hydrogen-bond donors (Lipinski definition) is 0. The first-order chi connectivity index (χ1) is 9.79. The molecule has 0 aliphatic rings. The van der Waals surface area contributed by atoms with E-state index in [0.717, 1.165) is 11.1 Å². The number of thioether (sulfide) groups is 1. The van der Waals surface area contributed by atoms with E-state index in [9.17, 15) is 4.39 Å². The van der Waals surface area contributed by atoms with Gasteiger partial charge in [0.15, 0.2) is 0 Å². The summed E-state index contributed by atoms with van der Waals surface area (Å²) in [6, 6.07) is 17.2. The third kappa shape index (κ3) is 2.51. The van der Waals surface area contributed by atoms with E-state index in [1.54, 1.807) is 23.1 Å². The number of thiophene rings is 1. The van der Waals surface area contributed by atoms with E-state index in [4.69, 9.17) is 0 Å². The summed E-state index contributed by atoms with van der Waals surface area (Å²) in [7, 11) is 0. The Kier molecular flexibility index (Phi) is 3.90. The van der Waals surface area contributed by atoms with E-state index < -0.39 is 0 Å². The van der Waals surface area contributed by atoms with Gasteiger partial charge in [0, 0.05) is 20.9 Å². The zero-order valence-electron chi connectivity index (χ0n) is 11.0. The molecule has 0 nitrogen and oxygen atoms in total. The average molecular weight is 300 g/mol. The molecule has 0 aliphatic heterocycles. The highest BCUT2D eigenvalue weighted by Crippen LogP contribution is 2.40. The molecule has 0 unspecified atom stereocenters. The number of hydrogen-bond acceptors (Lipinski definition) is 2. The summed E-state index contributed by atoms with van der Waals surface area (Å²) >= 11 is 3.47. The van der Waals surface area contributed by atoms with Crippen LogP contribution in [0.4, 0.5) is 4.39 Å². The van der Waals surface area contributed by atoms with E-state index in [2.05, 4.69) is 42.0 Å². The molecule has 0 bridgehead atoms. The van der Waals surface area contributed by atoms with Crippen molar-refractivity contribution in [2.45, 2.75) is 4.90 Å². The van der Waals surface area contributed by atoms with Crippen LogP contribution in [0.1, 0.15) is 0 Å². The molecule has 0 amide bonds. The van der Waals surface area contributed by atoms with Crippen molar-refractivity contribution in [1.82, 2.24) is 0 Å². The highest BCUT2D eigenvalue weighted by Gasteiger charge is 2.12. The molecule has 0 spiro atoms. The van der Waals surface area contributed by atoms with Gasteiger partial charge in [0.1, 0.15) is 5.82 Å². The molecule has 0 aliphatic carbocycles. The average Bonchev–Trinajstić information content (AvgIpc) is 2.97. The van der Waals surface area contributed by atoms with Gasteiger partial charge in [-0.2, -0.15) is 0 Å². The molecule has 20 heavy (non-hydrogen) atoms. The van der Waals surface area contributed by atoms with Crippen LogP contribution in [-0.2, 0) is 0 Å². The summed E-state index contributed by atoms with van der Waals surface area (Å²) in [5, 5.41) is 2.09. The molecule has 100 valence electrons. The topological polar surface area (TPSA) is 0 Å². The monoisotopic (exact) mass is 300 g/mol. The molecule has 0 fully saturated rings. The van der Waals surface area contributed by atoms with Gasteiger partial charge in [0.2, 0.25) is 0 Å². The highest BCUT2D eigenvalue weighted by molar-refractivity contribution is 7.98. The van der Waals surface area contributed by atoms with Crippen molar-refractivity contribution in [1.29, 1.82) is 0 Å². The molecule has 0 radical (unpaired) electrons. The maximum absolute atomic E-state index is 13.1. The predicted octanol–water partition coefficient (Wildman–Crippen LogP) is 5.94. The Labute approximate surface area is 126 Å². The Morgan fingerprint density at radius 2 is 1.65 bits per heavy atom. The summed E-state index contributed by atoms with van der Waals surface area (Å²) in [5.74, 6) is -0.199. The van der Waals surface area contributed by atoms with Gasteiger partial charge in [0.05, 0.1) is 0 Å². The molecule has 3 heteroatoms. The van der Waals surface area contributed by atoms with Crippen LogP contribution < -0.4 is 0 Å². The lowest BCUT2D eigenvalue weighted by Crippen LogP contribution is -1.82. The summed E-state index contributed by atoms with van der Waals surface area (Å²) in [6.07, 6.45) is 2.09. The Morgan fingerprint density at radius 1 is 0.900 bits per heavy atom. The van der Waals surface area contributed by atoms with E-state index in [1.807, 2.05) is 12.1 Å². The Morgan fingerprint density at radius 3 is 2.40 bits per heavy atom. The first-order valence-electron chi connectivity index (χ1n) is 6.26. The van der Waals surface area contributed by atoms with Crippen molar-refractivity contribution in [3.63, 3.8) is 0 Å². The van der Waals surface area contributed by atoms with Gasteiger partial charge in [0.25, 0.3) is 0 Å². The molecule has 3 aromatic rings. The fourth-order valence-electron chi connectivity index (χ4n) is 2.21. The van der Waals surface area contributed by atoms with Crippen LogP contribution in [0.5, 0.6) is 0 Å². The minimum atomic E-state index is -0.199. The highest BCUT2D eigenvalue weighted by atomic mass is 32.2. The maximum Gasteiger partial charge on any atom is 0.123 e. The van der Waals surface area contributed by atoms with E-state index in [1.165, 1.54) is 27.5 Å². The van der Waals surface area contributed by atoms with Gasteiger partial charge < -0.3 is 0 Å². The minimum absolute atomic E-state index is 0.199. The van der Waals surface area contributed by atoms with Crippen LogP contribution in [0.2, 0.25) is 0 Å². The van der Waals surface area contributed by atoms with Gasteiger partial charge in [-0.1, -0.05) is 30.3 Å². The Bertz CT molecular complexity index is 714. The Hall–Kier alpha value is -1.58. The second kappa shape index (κ2) is 5.81. The largest absolute Gasteiger partial charge is 0.207 e. The van der Waals surface area contributed by atoms with Crippen LogP contribution in [0.3, 0.4) is 0 Å². The molecule has 1 heterocycles. The van der Waals surface area contributed by atoms with Crippen LogP contribution in [0.15, 0.2) is 64.9 Å². The number of rotatable bonds is 3. The van der Waals surface area contributed by atoms with E-state index in [0.29, 0.717) is 0 Å². The Balaban J connectivity index is 2.13. The van der Waals surface area contributed by atoms with Crippen molar-refractivity contribution >= 4 is 23.1 Å². The molecule has 0 saturated carbocycles. The van der Waals surface area contributed by atoms with Crippen molar-refractivity contribution in [2.75, 3.05) is 6.26 Å². The van der Waals surface area contributed by atoms with Gasteiger partial charge >= 0.3 is 0 Å². The first-order valence-corrected chi connectivity index (χ1v) is 8.37. The lowest BCUT2D eigenvalue weighted by molar-refractivity contribution is 0.628. The maximum atomic E-state index is 13.1. The van der Waals surface area contributed by atoms with Crippen molar-refractivity contribution < 1.29 is 4.39 Å². The smallest absolute Gasteiger partial charge is 0.123 e. The normalized spacial score (nSPS) is 10.7. The van der Waals surface area contributed by atoms with Crippen LogP contribution >= 0.6 is 23.1 Å². The first kappa shape index (κ1) is 13.4. The SMILES string of the molecule is CSc1ccccc1-c1sccc1-c1ccc(F)cc1. The molecule has 0 atom stereocenters. The van der Waals surface area contributed by atoms with Crippen molar-refractivity contribution in [2.24, 2.45) is 0 Å². The second-order valence-electron chi connectivity index (χ2n) is 4.37. The van der Waals surface area contributed by atoms with E-state index in [-0.39, 0.29) is 5.82 Å². The van der Waals surface area contributed by atoms with Crippen molar-refractivity contribution in [3.05, 3.63) is 65.8 Å². The van der Waals surface area contributed by atoms with Crippen LogP contribution in [0.25, 0.3) is 21.6 Å². The summed E-state index contributed by atoms with van der Waals surface area (Å²) < 4.78 is 13.1. The predicted molar refractivity (Wildman–Crippen MR) is 86.9 cm³/mol. The number of benzene rings is 2. The van der Waals surface area contributed by atoms with Crippen molar-refractivity contribution in [3.8, 4) is 21.6 Å². The second-order valence-corrected chi connectivity index (χ2v) is 6.13. The third-order valence-electron chi connectivity index (χ3n) is 3.17. The zero-order valence-corrected chi connectivity index (χ0v) is 12.6. The van der Waals surface area contributed by atoms with Gasteiger partial charge in [-0.05, 0) is 41.5 Å². The van der Waals surface area contributed by atoms with Gasteiger partial charge in [-0.25, -0.2) is 4.39 Å². The molecule has 0 N–H and O–H groups in total. The standard InChI is InChI=1S/C17H13FS2/c1-19-16-5-3-2-4-15(16)17-14(10-11-20-17)12-6-8-13(18)9-7-12/h2-11H,1H3. The molecule has 3 rings (SSSR count). The lowest BCUT2D eigenvalue weighted by Gasteiger charge is -2.08. The summed E-state index contributed by atoms with van der Waals surface area (Å²) in [6.45, 7) is 0. The number of halogens is 1. The molecular weight excluding hydrogens is 287 g/mol. The molecular formula is C17H13FS2. The van der Waals surface area contributed by atoms with Crippen LogP contribution in [0, 0.1) is 5.82 Å². The lowest BCUT2D eigenvalue weighted by atomic mass is 10.0. The molecule has 2 aromatic carbocycles. The molecule has 1 aromatic heterocycles. The third-order valence-corrected chi connectivity index (χ3v) is 4.92. The van der Waals surface area contributed by atoms with Gasteiger partial charge in [-0.3, -0.25) is 0 Å². The summed E-state index contributed by atoms with van der Waals surface area (Å²) in [4.78, 5) is 2.50. The fourth-order valence-corrected chi connectivity index (χ4v) is 3.83. The minimum Gasteiger partial charge on any atom is -0.207 e. The van der Waals surface area contributed by atoms with Gasteiger partial charge in [-0.15, -0.1) is 23.1 Å².